The van der Waals surface area contributed by atoms with Crippen LogP contribution in [0.4, 0.5) is 0 Å². The van der Waals surface area contributed by atoms with Crippen LogP contribution in [-0.4, -0.2) is 47.1 Å². The van der Waals surface area contributed by atoms with Crippen molar-refractivity contribution >= 4 is 11.9 Å². The molecule has 1 aliphatic rings. The lowest BCUT2D eigenvalue weighted by Gasteiger charge is -2.33. The predicted octanol–water partition coefficient (Wildman–Crippen LogP) is 0.452. The first-order chi connectivity index (χ1) is 7.55. The Hall–Kier alpha value is -1.10. The molecule has 5 heteroatoms. The molecule has 0 bridgehead atoms. The topological polar surface area (TPSA) is 69.6 Å². The van der Waals surface area contributed by atoms with Crippen molar-refractivity contribution in [2.45, 2.75) is 38.6 Å². The van der Waals surface area contributed by atoms with Crippen LogP contribution < -0.4 is 5.32 Å². The van der Waals surface area contributed by atoms with E-state index in [-0.39, 0.29) is 12.5 Å². The van der Waals surface area contributed by atoms with E-state index in [1.807, 2.05) is 13.8 Å². The lowest BCUT2D eigenvalue weighted by atomic mass is 9.93. The quantitative estimate of drug-likeness (QED) is 0.692. The number of hydrogen-bond acceptors (Lipinski definition) is 3. The van der Waals surface area contributed by atoms with Crippen LogP contribution >= 0.6 is 0 Å². The lowest BCUT2D eigenvalue weighted by Crippen LogP contribution is -2.55. The van der Waals surface area contributed by atoms with Gasteiger partial charge < -0.3 is 10.0 Å². The maximum atomic E-state index is 11.6. The summed E-state index contributed by atoms with van der Waals surface area (Å²) in [6.07, 6.45) is 2.01. The molecule has 0 aliphatic carbocycles. The van der Waals surface area contributed by atoms with Crippen LogP contribution in [0.1, 0.15) is 33.1 Å². The number of hydrogen-bond donors (Lipinski definition) is 2. The van der Waals surface area contributed by atoms with Gasteiger partial charge >= 0.3 is 5.97 Å². The van der Waals surface area contributed by atoms with E-state index in [0.717, 1.165) is 19.5 Å². The average Bonchev–Trinajstić information content (AvgIpc) is 2.17. The number of carboxylic acids is 1. The minimum atomic E-state index is -0.958. The van der Waals surface area contributed by atoms with Gasteiger partial charge in [-0.2, -0.15) is 0 Å². The molecule has 1 rings (SSSR count). The van der Waals surface area contributed by atoms with Crippen LogP contribution in [0.5, 0.6) is 0 Å². The second-order valence-corrected chi connectivity index (χ2v) is 4.18. The number of amides is 1. The van der Waals surface area contributed by atoms with Crippen LogP contribution in [0.15, 0.2) is 0 Å². The maximum absolute atomic E-state index is 11.6. The third-order valence-corrected chi connectivity index (χ3v) is 3.40. The molecule has 2 N–H and O–H groups in total. The number of aliphatic carboxylic acids is 1. The largest absolute Gasteiger partial charge is 0.480 e. The van der Waals surface area contributed by atoms with Gasteiger partial charge in [0.15, 0.2) is 0 Å². The predicted molar refractivity (Wildman–Crippen MR) is 60.1 cm³/mol. The highest BCUT2D eigenvalue weighted by molar-refractivity contribution is 5.82. The molecule has 1 fully saturated rings. The lowest BCUT2D eigenvalue weighted by molar-refractivity contribution is -0.146. The molecule has 1 amide bonds. The van der Waals surface area contributed by atoms with Gasteiger partial charge in [-0.05, 0) is 19.3 Å². The van der Waals surface area contributed by atoms with Gasteiger partial charge in [0.1, 0.15) is 5.54 Å². The van der Waals surface area contributed by atoms with Crippen molar-refractivity contribution in [1.29, 1.82) is 0 Å². The molecule has 0 radical (unpaired) electrons. The Labute approximate surface area is 95.8 Å². The van der Waals surface area contributed by atoms with E-state index in [1.165, 1.54) is 0 Å². The van der Waals surface area contributed by atoms with Crippen molar-refractivity contribution in [3.05, 3.63) is 0 Å². The number of carboxylic acid groups (broad SMARTS) is 1. The van der Waals surface area contributed by atoms with Gasteiger partial charge in [0.2, 0.25) is 5.91 Å². The first kappa shape index (κ1) is 13.0. The van der Waals surface area contributed by atoms with Crippen molar-refractivity contribution in [3.8, 4) is 0 Å². The summed E-state index contributed by atoms with van der Waals surface area (Å²) in [5.41, 5.74) is -0.958. The third kappa shape index (κ3) is 2.52. The first-order valence-electron chi connectivity index (χ1n) is 5.82. The molecule has 1 heterocycles. The van der Waals surface area contributed by atoms with Gasteiger partial charge in [-0.25, -0.2) is 0 Å². The second kappa shape index (κ2) is 5.30. The van der Waals surface area contributed by atoms with Crippen LogP contribution in [-0.2, 0) is 9.59 Å². The highest BCUT2D eigenvalue weighted by Crippen LogP contribution is 2.15. The minimum absolute atomic E-state index is 0.00113. The Morgan fingerprint density at radius 3 is 2.19 bits per heavy atom. The highest BCUT2D eigenvalue weighted by atomic mass is 16.4. The molecule has 0 atom stereocenters. The molecule has 1 aliphatic heterocycles. The Balaban J connectivity index is 2.48. The van der Waals surface area contributed by atoms with Crippen molar-refractivity contribution in [2.75, 3.05) is 19.6 Å². The van der Waals surface area contributed by atoms with E-state index in [1.54, 1.807) is 4.90 Å². The van der Waals surface area contributed by atoms with Gasteiger partial charge in [0.25, 0.3) is 0 Å². The van der Waals surface area contributed by atoms with Crippen LogP contribution in [0.2, 0.25) is 0 Å². The summed E-state index contributed by atoms with van der Waals surface area (Å²) in [4.78, 5) is 24.5. The van der Waals surface area contributed by atoms with Crippen molar-refractivity contribution < 1.29 is 14.7 Å². The zero-order chi connectivity index (χ0) is 12.2. The molecule has 0 aromatic heterocycles. The smallest absolute Gasteiger partial charge is 0.323 e. The zero-order valence-electron chi connectivity index (χ0n) is 9.95. The van der Waals surface area contributed by atoms with E-state index < -0.39 is 11.5 Å². The van der Waals surface area contributed by atoms with E-state index in [0.29, 0.717) is 12.8 Å². The summed E-state index contributed by atoms with van der Waals surface area (Å²) >= 11 is 0. The number of carbonyl (C=O) groups excluding carboxylic acids is 1. The summed E-state index contributed by atoms with van der Waals surface area (Å²) in [5.74, 6) is -0.882. The molecular weight excluding hydrogens is 208 g/mol. The minimum Gasteiger partial charge on any atom is -0.480 e. The molecule has 16 heavy (non-hydrogen) atoms. The molecule has 1 saturated heterocycles. The van der Waals surface area contributed by atoms with Crippen molar-refractivity contribution in [2.24, 2.45) is 0 Å². The summed E-state index contributed by atoms with van der Waals surface area (Å²) in [6.45, 7) is 5.36. The fraction of sp³-hybridized carbons (Fsp3) is 0.818. The Bertz CT molecular complexity index is 270. The number of rotatable bonds is 6. The average molecular weight is 228 g/mol. The molecule has 0 aromatic carbocycles. The van der Waals surface area contributed by atoms with Crippen molar-refractivity contribution in [3.63, 3.8) is 0 Å². The fourth-order valence-corrected chi connectivity index (χ4v) is 1.80. The second-order valence-electron chi connectivity index (χ2n) is 4.18. The molecule has 0 aromatic rings. The molecular formula is C11H20N2O3. The molecule has 5 nitrogen and oxygen atoms in total. The molecule has 0 unspecified atom stereocenters. The van der Waals surface area contributed by atoms with E-state index >= 15 is 0 Å². The summed E-state index contributed by atoms with van der Waals surface area (Å²) in [7, 11) is 0. The van der Waals surface area contributed by atoms with E-state index in [9.17, 15) is 9.59 Å². The number of nitrogens with zero attached hydrogens (tertiary/aromatic N) is 1. The van der Waals surface area contributed by atoms with Crippen LogP contribution in [0.25, 0.3) is 0 Å². The van der Waals surface area contributed by atoms with Crippen molar-refractivity contribution in [1.82, 2.24) is 10.2 Å². The SMILES string of the molecule is CCC(CC)(NCC(=O)N1CCC1)C(=O)O. The first-order valence-corrected chi connectivity index (χ1v) is 5.82. The molecule has 92 valence electrons. The Kier molecular flexibility index (Phi) is 4.29. The van der Waals surface area contributed by atoms with Gasteiger partial charge in [0.05, 0.1) is 6.54 Å². The monoisotopic (exact) mass is 228 g/mol. The van der Waals surface area contributed by atoms with Gasteiger partial charge in [-0.1, -0.05) is 13.8 Å². The Morgan fingerprint density at radius 1 is 1.31 bits per heavy atom. The summed E-state index contributed by atoms with van der Waals surface area (Å²) < 4.78 is 0. The maximum Gasteiger partial charge on any atom is 0.323 e. The number of nitrogens with one attached hydrogen (secondary N) is 1. The fourth-order valence-electron chi connectivity index (χ4n) is 1.80. The van der Waals surface area contributed by atoms with Gasteiger partial charge in [-0.15, -0.1) is 0 Å². The summed E-state index contributed by atoms with van der Waals surface area (Å²) in [6, 6.07) is 0. The van der Waals surface area contributed by atoms with E-state index in [4.69, 9.17) is 5.11 Å². The zero-order valence-corrected chi connectivity index (χ0v) is 9.95. The summed E-state index contributed by atoms with van der Waals surface area (Å²) in [5, 5.41) is 12.0. The third-order valence-electron chi connectivity index (χ3n) is 3.40. The van der Waals surface area contributed by atoms with Gasteiger partial charge in [-0.3, -0.25) is 14.9 Å². The molecule has 0 saturated carbocycles. The standard InChI is InChI=1S/C11H20N2O3/c1-3-11(4-2,10(15)16)12-8-9(14)13-6-5-7-13/h12H,3-8H2,1-2H3,(H,15,16). The number of likely N-dealkylation sites (tertiary alicyclic amines) is 1. The molecule has 0 spiro atoms. The Morgan fingerprint density at radius 2 is 1.88 bits per heavy atom. The van der Waals surface area contributed by atoms with Gasteiger partial charge in [0, 0.05) is 13.1 Å². The van der Waals surface area contributed by atoms with E-state index in [2.05, 4.69) is 5.32 Å². The van der Waals surface area contributed by atoms with Crippen LogP contribution in [0.3, 0.4) is 0 Å². The number of carbonyl (C=O) groups is 2. The normalized spacial score (nSPS) is 15.8. The van der Waals surface area contributed by atoms with Crippen LogP contribution in [0, 0.1) is 0 Å². The highest BCUT2D eigenvalue weighted by Gasteiger charge is 2.35.